The number of nitrogens with zero attached hydrogens (tertiary/aromatic N) is 5. The van der Waals surface area contributed by atoms with E-state index in [1.54, 1.807) is 16.8 Å². The summed E-state index contributed by atoms with van der Waals surface area (Å²) < 4.78 is 6.69. The third kappa shape index (κ3) is 3.86. The molecular weight excluding hydrogens is 376 g/mol. The van der Waals surface area contributed by atoms with E-state index in [9.17, 15) is 14.9 Å². The molecule has 0 aliphatic carbocycles. The Morgan fingerprint density at radius 3 is 2.79 bits per heavy atom. The molecule has 144 valence electrons. The van der Waals surface area contributed by atoms with Crippen LogP contribution in [0, 0.1) is 10.1 Å². The molecular formula is C19H14N6O4. The number of fused-ring (bicyclic) bond motifs is 1. The summed E-state index contributed by atoms with van der Waals surface area (Å²) in [7, 11) is 0. The van der Waals surface area contributed by atoms with Crippen LogP contribution in [0.3, 0.4) is 0 Å². The fourth-order valence-electron chi connectivity index (χ4n) is 2.78. The number of rotatable bonds is 6. The van der Waals surface area contributed by atoms with Gasteiger partial charge in [-0.25, -0.2) is 10.4 Å². The van der Waals surface area contributed by atoms with Gasteiger partial charge >= 0.3 is 5.88 Å². The second-order valence-corrected chi connectivity index (χ2v) is 5.95. The maximum absolute atomic E-state index is 12.4. The first-order chi connectivity index (χ1) is 14.1. The molecule has 1 aromatic carbocycles. The van der Waals surface area contributed by atoms with Gasteiger partial charge in [0.15, 0.2) is 11.6 Å². The quantitative estimate of drug-likeness (QED) is 0.306. The van der Waals surface area contributed by atoms with Crippen LogP contribution in [0.2, 0.25) is 0 Å². The highest BCUT2D eigenvalue weighted by molar-refractivity contribution is 5.85. The van der Waals surface area contributed by atoms with Crippen molar-refractivity contribution in [2.75, 3.05) is 0 Å². The second-order valence-electron chi connectivity index (χ2n) is 5.95. The van der Waals surface area contributed by atoms with E-state index < -0.39 is 16.7 Å². The number of nitro groups is 1. The van der Waals surface area contributed by atoms with Crippen LogP contribution in [0.5, 0.6) is 0 Å². The van der Waals surface area contributed by atoms with Crippen molar-refractivity contribution in [1.82, 2.24) is 20.0 Å². The summed E-state index contributed by atoms with van der Waals surface area (Å²) in [5.74, 6) is -0.0860. The molecule has 0 radical (unpaired) electrons. The second kappa shape index (κ2) is 7.72. The van der Waals surface area contributed by atoms with Crippen molar-refractivity contribution in [2.24, 2.45) is 5.10 Å². The fourth-order valence-corrected chi connectivity index (χ4v) is 2.78. The maximum Gasteiger partial charge on any atom is 0.433 e. The van der Waals surface area contributed by atoms with Gasteiger partial charge in [-0.2, -0.15) is 5.10 Å². The smallest absolute Gasteiger partial charge is 0.400 e. The lowest BCUT2D eigenvalue weighted by molar-refractivity contribution is -0.402. The molecule has 0 fully saturated rings. The number of furan rings is 1. The van der Waals surface area contributed by atoms with Crippen LogP contribution < -0.4 is 5.43 Å². The molecule has 10 nitrogen and oxygen atoms in total. The Hall–Kier alpha value is -4.34. The molecule has 1 N–H and O–H groups in total. The largest absolute Gasteiger partial charge is 0.433 e. The van der Waals surface area contributed by atoms with E-state index in [0.29, 0.717) is 11.5 Å². The number of hydrogen-bond donors (Lipinski definition) is 1. The summed E-state index contributed by atoms with van der Waals surface area (Å²) >= 11 is 0. The third-order valence-electron chi connectivity index (χ3n) is 4.02. The maximum atomic E-state index is 12.4. The Bertz CT molecular complexity index is 1210. The number of carbonyl (C=O) groups is 1. The van der Waals surface area contributed by atoms with Gasteiger partial charge in [-0.1, -0.05) is 18.2 Å². The summed E-state index contributed by atoms with van der Waals surface area (Å²) in [6.45, 7) is -0.0396. The van der Waals surface area contributed by atoms with E-state index in [1.165, 1.54) is 18.3 Å². The van der Waals surface area contributed by atoms with Gasteiger partial charge in [0, 0.05) is 6.20 Å². The Kier molecular flexibility index (Phi) is 4.81. The van der Waals surface area contributed by atoms with E-state index in [1.807, 2.05) is 36.4 Å². The first-order valence-corrected chi connectivity index (χ1v) is 8.54. The summed E-state index contributed by atoms with van der Waals surface area (Å²) in [4.78, 5) is 31.3. The number of para-hydroxylation sites is 2. The highest BCUT2D eigenvalue weighted by atomic mass is 16.6. The van der Waals surface area contributed by atoms with Crippen molar-refractivity contribution in [1.29, 1.82) is 0 Å². The third-order valence-corrected chi connectivity index (χ3v) is 4.02. The van der Waals surface area contributed by atoms with Gasteiger partial charge in [0.05, 0.1) is 23.3 Å². The van der Waals surface area contributed by atoms with Crippen molar-refractivity contribution in [3.63, 3.8) is 0 Å². The number of hydrazone groups is 1. The highest BCUT2D eigenvalue weighted by Crippen LogP contribution is 2.23. The molecule has 0 spiro atoms. The SMILES string of the molecule is O=C(Cn1c(-c2ccccn2)nc2ccccc21)NN=Cc1ccc([N+](=O)[O-])o1. The Morgan fingerprint density at radius 1 is 1.21 bits per heavy atom. The van der Waals surface area contributed by atoms with Crippen molar-refractivity contribution in [3.8, 4) is 11.5 Å². The molecule has 3 heterocycles. The van der Waals surface area contributed by atoms with Crippen LogP contribution in [0.15, 0.2) is 70.3 Å². The van der Waals surface area contributed by atoms with E-state index in [2.05, 4.69) is 20.5 Å². The molecule has 0 aliphatic heterocycles. The Balaban J connectivity index is 1.54. The van der Waals surface area contributed by atoms with Crippen LogP contribution in [0.4, 0.5) is 5.88 Å². The van der Waals surface area contributed by atoms with Crippen LogP contribution in [0.1, 0.15) is 5.76 Å². The minimum absolute atomic E-state index is 0.0396. The average molecular weight is 390 g/mol. The molecule has 0 unspecified atom stereocenters. The van der Waals surface area contributed by atoms with Crippen LogP contribution in [0.25, 0.3) is 22.6 Å². The van der Waals surface area contributed by atoms with Crippen molar-refractivity contribution in [2.45, 2.75) is 6.54 Å². The Labute approximate surface area is 163 Å². The first kappa shape index (κ1) is 18.0. The number of pyridine rings is 1. The molecule has 10 heteroatoms. The van der Waals surface area contributed by atoms with E-state index in [4.69, 9.17) is 4.42 Å². The van der Waals surface area contributed by atoms with Gasteiger partial charge < -0.3 is 8.98 Å². The minimum Gasteiger partial charge on any atom is -0.400 e. The standard InChI is InChI=1S/C19H14N6O4/c26-17(23-21-11-13-8-9-18(29-13)25(27)28)12-24-16-7-2-1-5-14(16)22-19(24)15-6-3-4-10-20-15/h1-11H,12H2,(H,23,26). The van der Waals surface area contributed by atoms with Gasteiger partial charge in [0.1, 0.15) is 17.2 Å². The normalized spacial score (nSPS) is 11.2. The summed E-state index contributed by atoms with van der Waals surface area (Å²) in [5, 5.41) is 14.4. The molecule has 0 bridgehead atoms. The minimum atomic E-state index is -0.654. The topological polar surface area (TPSA) is 128 Å². The molecule has 0 aliphatic rings. The highest BCUT2D eigenvalue weighted by Gasteiger charge is 2.16. The Morgan fingerprint density at radius 2 is 2.03 bits per heavy atom. The predicted octanol–water partition coefficient (Wildman–Crippen LogP) is 2.75. The van der Waals surface area contributed by atoms with Crippen molar-refractivity contribution < 1.29 is 14.1 Å². The van der Waals surface area contributed by atoms with E-state index in [-0.39, 0.29) is 12.3 Å². The number of aromatic nitrogens is 3. The number of amides is 1. The molecule has 3 aromatic heterocycles. The van der Waals surface area contributed by atoms with Gasteiger partial charge in [-0.15, -0.1) is 0 Å². The number of benzene rings is 1. The van der Waals surface area contributed by atoms with E-state index >= 15 is 0 Å². The van der Waals surface area contributed by atoms with Crippen LogP contribution >= 0.6 is 0 Å². The van der Waals surface area contributed by atoms with Gasteiger partial charge in [-0.05, 0) is 30.3 Å². The number of nitrogens with one attached hydrogen (secondary N) is 1. The first-order valence-electron chi connectivity index (χ1n) is 8.54. The van der Waals surface area contributed by atoms with Crippen molar-refractivity contribution in [3.05, 3.63) is 76.7 Å². The summed E-state index contributed by atoms with van der Waals surface area (Å²) in [5.41, 5.74) is 4.55. The molecule has 1 amide bonds. The summed E-state index contributed by atoms with van der Waals surface area (Å²) in [6, 6.07) is 15.5. The van der Waals surface area contributed by atoms with Gasteiger partial charge in [0.2, 0.25) is 0 Å². The fraction of sp³-hybridized carbons (Fsp3) is 0.0526. The zero-order valence-electron chi connectivity index (χ0n) is 14.9. The molecule has 4 rings (SSSR count). The van der Waals surface area contributed by atoms with Gasteiger partial charge in [0.25, 0.3) is 5.91 Å². The number of hydrogen-bond acceptors (Lipinski definition) is 7. The molecule has 0 saturated heterocycles. The zero-order valence-corrected chi connectivity index (χ0v) is 14.9. The lowest BCUT2D eigenvalue weighted by atomic mass is 10.3. The number of carbonyl (C=O) groups excluding carboxylic acids is 1. The zero-order chi connectivity index (χ0) is 20.2. The van der Waals surface area contributed by atoms with E-state index in [0.717, 1.165) is 11.0 Å². The summed E-state index contributed by atoms with van der Waals surface area (Å²) in [6.07, 6.45) is 2.85. The van der Waals surface area contributed by atoms with Crippen LogP contribution in [-0.2, 0) is 11.3 Å². The van der Waals surface area contributed by atoms with Crippen molar-refractivity contribution >= 4 is 29.0 Å². The average Bonchev–Trinajstić information content (AvgIpc) is 3.34. The lowest BCUT2D eigenvalue weighted by Crippen LogP contribution is -2.23. The molecule has 29 heavy (non-hydrogen) atoms. The number of imidazole rings is 1. The monoisotopic (exact) mass is 390 g/mol. The molecule has 4 aromatic rings. The molecule has 0 atom stereocenters. The van der Waals surface area contributed by atoms with Crippen LogP contribution in [-0.4, -0.2) is 31.6 Å². The predicted molar refractivity (Wildman–Crippen MR) is 104 cm³/mol. The van der Waals surface area contributed by atoms with Gasteiger partial charge in [-0.3, -0.25) is 19.9 Å². The molecule has 0 saturated carbocycles. The lowest BCUT2D eigenvalue weighted by Gasteiger charge is -2.07.